The lowest BCUT2D eigenvalue weighted by Crippen LogP contribution is -2.44. The van der Waals surface area contributed by atoms with E-state index in [1.54, 1.807) is 0 Å². The number of ether oxygens (including phenoxy) is 1. The van der Waals surface area contributed by atoms with Crippen molar-refractivity contribution in [2.24, 2.45) is 0 Å². The van der Waals surface area contributed by atoms with Crippen LogP contribution in [0, 0.1) is 13.8 Å². The van der Waals surface area contributed by atoms with Crippen molar-refractivity contribution in [3.8, 4) is 5.75 Å². The van der Waals surface area contributed by atoms with Crippen molar-refractivity contribution in [3.63, 3.8) is 0 Å². The van der Waals surface area contributed by atoms with Crippen LogP contribution in [-0.2, 0) is 11.2 Å². The lowest BCUT2D eigenvalue weighted by Gasteiger charge is -2.32. The van der Waals surface area contributed by atoms with Gasteiger partial charge in [-0.15, -0.1) is 0 Å². The van der Waals surface area contributed by atoms with Gasteiger partial charge in [-0.3, -0.25) is 4.79 Å². The van der Waals surface area contributed by atoms with Crippen LogP contribution in [0.15, 0.2) is 42.5 Å². The van der Waals surface area contributed by atoms with E-state index in [1.165, 1.54) is 5.56 Å². The molecule has 0 bridgehead atoms. The Hall–Kier alpha value is -2.29. The highest BCUT2D eigenvalue weighted by Crippen LogP contribution is 2.28. The summed E-state index contributed by atoms with van der Waals surface area (Å²) in [4.78, 5) is 15.0. The number of hydrogen-bond donors (Lipinski definition) is 0. The summed E-state index contributed by atoms with van der Waals surface area (Å²) in [6.07, 6.45) is 2.25. The molecule has 126 valence electrons. The number of nitrogens with zero attached hydrogens (tertiary/aromatic N) is 1. The molecule has 1 amide bonds. The first-order valence-electron chi connectivity index (χ1n) is 8.72. The zero-order valence-electron chi connectivity index (χ0n) is 14.7. The summed E-state index contributed by atoms with van der Waals surface area (Å²) in [5.41, 5.74) is 4.58. The Morgan fingerprint density at radius 3 is 2.58 bits per heavy atom. The fourth-order valence-corrected chi connectivity index (χ4v) is 3.41. The number of aryl methyl sites for hydroxylation is 3. The molecule has 1 atom stereocenters. The molecule has 2 aromatic carbocycles. The van der Waals surface area contributed by atoms with Gasteiger partial charge in [0.05, 0.1) is 0 Å². The molecule has 0 spiro atoms. The Labute approximate surface area is 144 Å². The third kappa shape index (κ3) is 3.45. The van der Waals surface area contributed by atoms with Gasteiger partial charge in [0.25, 0.3) is 5.91 Å². The largest absolute Gasteiger partial charge is 0.481 e. The van der Waals surface area contributed by atoms with E-state index in [-0.39, 0.29) is 5.91 Å². The van der Waals surface area contributed by atoms with Crippen LogP contribution in [-0.4, -0.2) is 18.6 Å². The molecule has 1 aliphatic rings. The first kappa shape index (κ1) is 16.6. The van der Waals surface area contributed by atoms with E-state index in [1.807, 2.05) is 56.0 Å². The Morgan fingerprint density at radius 2 is 1.88 bits per heavy atom. The number of fused-ring (bicyclic) bond motifs is 1. The molecule has 0 fully saturated rings. The standard InChI is InChI=1S/C21H25NO2/c1-4-20(24-18-13-15(2)12-16(3)14-18)21(23)22-11-7-9-17-8-5-6-10-19(17)22/h5-6,8,10,12-14,20H,4,7,9,11H2,1-3H3/t20-/m0/s1. The maximum absolute atomic E-state index is 13.1. The second-order valence-electron chi connectivity index (χ2n) is 6.56. The van der Waals surface area contributed by atoms with Gasteiger partial charge in [-0.2, -0.15) is 0 Å². The molecule has 3 rings (SSSR count). The summed E-state index contributed by atoms with van der Waals surface area (Å²) in [6, 6.07) is 14.3. The van der Waals surface area contributed by atoms with Gasteiger partial charge in [-0.1, -0.05) is 31.2 Å². The van der Waals surface area contributed by atoms with E-state index in [2.05, 4.69) is 12.1 Å². The van der Waals surface area contributed by atoms with Gasteiger partial charge in [-0.05, 0) is 68.0 Å². The molecular formula is C21H25NO2. The number of carbonyl (C=O) groups excluding carboxylic acids is 1. The molecular weight excluding hydrogens is 298 g/mol. The first-order chi connectivity index (χ1) is 11.6. The number of benzene rings is 2. The van der Waals surface area contributed by atoms with Crippen LogP contribution < -0.4 is 9.64 Å². The molecule has 2 aromatic rings. The Morgan fingerprint density at radius 1 is 1.17 bits per heavy atom. The van der Waals surface area contributed by atoms with E-state index in [4.69, 9.17) is 4.74 Å². The predicted octanol–water partition coefficient (Wildman–Crippen LogP) is 4.44. The smallest absolute Gasteiger partial charge is 0.268 e. The highest BCUT2D eigenvalue weighted by molar-refractivity contribution is 5.97. The average molecular weight is 323 g/mol. The zero-order valence-corrected chi connectivity index (χ0v) is 14.7. The molecule has 0 aliphatic carbocycles. The van der Waals surface area contributed by atoms with Crippen molar-refractivity contribution >= 4 is 11.6 Å². The van der Waals surface area contributed by atoms with Gasteiger partial charge in [-0.25, -0.2) is 0 Å². The zero-order chi connectivity index (χ0) is 17.1. The minimum atomic E-state index is -0.447. The van der Waals surface area contributed by atoms with Crippen LogP contribution in [0.1, 0.15) is 36.5 Å². The summed E-state index contributed by atoms with van der Waals surface area (Å²) >= 11 is 0. The quantitative estimate of drug-likeness (QED) is 0.832. The number of anilines is 1. The number of rotatable bonds is 4. The van der Waals surface area contributed by atoms with Crippen LogP contribution >= 0.6 is 0 Å². The van der Waals surface area contributed by atoms with E-state index in [0.717, 1.165) is 42.0 Å². The van der Waals surface area contributed by atoms with Crippen LogP contribution in [0.25, 0.3) is 0 Å². The summed E-state index contributed by atoms with van der Waals surface area (Å²) in [5, 5.41) is 0. The van der Waals surface area contributed by atoms with Gasteiger partial charge in [0.2, 0.25) is 0 Å². The van der Waals surface area contributed by atoms with Gasteiger partial charge in [0.15, 0.2) is 6.10 Å². The van der Waals surface area contributed by atoms with Crippen LogP contribution in [0.2, 0.25) is 0 Å². The summed E-state index contributed by atoms with van der Waals surface area (Å²) < 4.78 is 6.06. The number of hydrogen-bond acceptors (Lipinski definition) is 2. The highest BCUT2D eigenvalue weighted by Gasteiger charge is 2.29. The molecule has 0 saturated carbocycles. The number of para-hydroxylation sites is 1. The van der Waals surface area contributed by atoms with E-state index >= 15 is 0 Å². The van der Waals surface area contributed by atoms with Gasteiger partial charge in [0.1, 0.15) is 5.75 Å². The van der Waals surface area contributed by atoms with Crippen LogP contribution in [0.5, 0.6) is 5.75 Å². The summed E-state index contributed by atoms with van der Waals surface area (Å²) in [7, 11) is 0. The van der Waals surface area contributed by atoms with Crippen molar-refractivity contribution < 1.29 is 9.53 Å². The topological polar surface area (TPSA) is 29.5 Å². The van der Waals surface area contributed by atoms with Crippen molar-refractivity contribution in [2.75, 3.05) is 11.4 Å². The van der Waals surface area contributed by atoms with Crippen molar-refractivity contribution in [2.45, 2.75) is 46.1 Å². The lowest BCUT2D eigenvalue weighted by atomic mass is 10.0. The number of amides is 1. The molecule has 0 radical (unpaired) electrons. The molecule has 0 N–H and O–H groups in total. The maximum Gasteiger partial charge on any atom is 0.268 e. The molecule has 24 heavy (non-hydrogen) atoms. The minimum absolute atomic E-state index is 0.0591. The minimum Gasteiger partial charge on any atom is -0.481 e. The van der Waals surface area contributed by atoms with Crippen molar-refractivity contribution in [3.05, 3.63) is 59.2 Å². The number of carbonyl (C=O) groups is 1. The fourth-order valence-electron chi connectivity index (χ4n) is 3.41. The van der Waals surface area contributed by atoms with Gasteiger partial charge < -0.3 is 9.64 Å². The maximum atomic E-state index is 13.1. The van der Waals surface area contributed by atoms with E-state index in [9.17, 15) is 4.79 Å². The molecule has 0 saturated heterocycles. The third-order valence-electron chi connectivity index (χ3n) is 4.50. The molecule has 0 unspecified atom stereocenters. The van der Waals surface area contributed by atoms with Crippen LogP contribution in [0.3, 0.4) is 0 Å². The monoisotopic (exact) mass is 323 g/mol. The van der Waals surface area contributed by atoms with Crippen LogP contribution in [0.4, 0.5) is 5.69 Å². The van der Waals surface area contributed by atoms with Crippen molar-refractivity contribution in [1.29, 1.82) is 0 Å². The SMILES string of the molecule is CC[C@H](Oc1cc(C)cc(C)c1)C(=O)N1CCCc2ccccc21. The van der Waals surface area contributed by atoms with E-state index < -0.39 is 6.10 Å². The second-order valence-corrected chi connectivity index (χ2v) is 6.56. The first-order valence-corrected chi connectivity index (χ1v) is 8.72. The van der Waals surface area contributed by atoms with E-state index in [0.29, 0.717) is 6.42 Å². The lowest BCUT2D eigenvalue weighted by molar-refractivity contribution is -0.125. The van der Waals surface area contributed by atoms with Gasteiger partial charge in [0, 0.05) is 12.2 Å². The molecule has 0 aromatic heterocycles. The molecule has 1 aliphatic heterocycles. The molecule has 3 nitrogen and oxygen atoms in total. The van der Waals surface area contributed by atoms with Crippen molar-refractivity contribution in [1.82, 2.24) is 0 Å². The third-order valence-corrected chi connectivity index (χ3v) is 4.50. The molecule has 1 heterocycles. The average Bonchev–Trinajstić information content (AvgIpc) is 2.57. The molecule has 3 heteroatoms. The van der Waals surface area contributed by atoms with Gasteiger partial charge >= 0.3 is 0 Å². The Kier molecular flexibility index (Phi) is 4.89. The summed E-state index contributed by atoms with van der Waals surface area (Å²) in [5.74, 6) is 0.835. The Balaban J connectivity index is 1.82. The summed E-state index contributed by atoms with van der Waals surface area (Å²) in [6.45, 7) is 6.86. The highest BCUT2D eigenvalue weighted by atomic mass is 16.5. The Bertz CT molecular complexity index is 718. The predicted molar refractivity (Wildman–Crippen MR) is 97.7 cm³/mol. The fraction of sp³-hybridized carbons (Fsp3) is 0.381. The second kappa shape index (κ2) is 7.08. The normalized spacial score (nSPS) is 14.9.